The third-order valence-electron chi connectivity index (χ3n) is 2.45. The fourth-order valence-electron chi connectivity index (χ4n) is 1.56. The largest absolute Gasteiger partial charge is 0.507 e. The van der Waals surface area contributed by atoms with Gasteiger partial charge in [-0.2, -0.15) is 5.10 Å². The number of aromatic nitrogens is 2. The second kappa shape index (κ2) is 4.81. The number of carbonyl (C=O) groups is 1. The second-order valence-corrected chi connectivity index (χ2v) is 3.97. The van der Waals surface area contributed by atoms with E-state index in [1.165, 1.54) is 23.0 Å². The Balaban J connectivity index is 2.31. The van der Waals surface area contributed by atoms with Crippen molar-refractivity contribution in [2.75, 3.05) is 5.73 Å². The van der Waals surface area contributed by atoms with Gasteiger partial charge >= 0.3 is 0 Å². The predicted molar refractivity (Wildman–Crippen MR) is 71.0 cm³/mol. The number of benzene rings is 1. The number of rotatable bonds is 3. The average molecular weight is 259 g/mol. The molecule has 1 aromatic heterocycles. The standard InChI is InChI=1S/C12H13N5O2/c1-7-6-17(12(14)16-7)15-5-8-2-3-10(18)9(4-8)11(13)19/h2-6,18H,1H3,(H2,13,19)(H2,14,16). The van der Waals surface area contributed by atoms with Crippen molar-refractivity contribution in [3.05, 3.63) is 41.2 Å². The van der Waals surface area contributed by atoms with E-state index in [9.17, 15) is 9.90 Å². The van der Waals surface area contributed by atoms with Crippen LogP contribution >= 0.6 is 0 Å². The Bertz CT molecular complexity index is 660. The number of primary amides is 1. The number of phenols is 1. The molecule has 2 rings (SSSR count). The van der Waals surface area contributed by atoms with E-state index in [1.54, 1.807) is 19.2 Å². The highest BCUT2D eigenvalue weighted by Crippen LogP contribution is 2.17. The average Bonchev–Trinajstić information content (AvgIpc) is 2.66. The SMILES string of the molecule is Cc1cn(N=Cc2ccc(O)c(C(N)=O)c2)c(N)n1. The fraction of sp³-hybridized carbons (Fsp3) is 0.0833. The zero-order valence-corrected chi connectivity index (χ0v) is 10.2. The molecule has 0 unspecified atom stereocenters. The lowest BCUT2D eigenvalue weighted by molar-refractivity contribution is 0.0998. The summed E-state index contributed by atoms with van der Waals surface area (Å²) in [7, 11) is 0. The topological polar surface area (TPSA) is 120 Å². The minimum atomic E-state index is -0.703. The Morgan fingerprint density at radius 1 is 1.53 bits per heavy atom. The lowest BCUT2D eigenvalue weighted by atomic mass is 10.1. The molecule has 0 aliphatic heterocycles. The summed E-state index contributed by atoms with van der Waals surface area (Å²) < 4.78 is 1.41. The van der Waals surface area contributed by atoms with Gasteiger partial charge in [0.1, 0.15) is 5.75 Å². The molecular formula is C12H13N5O2. The first kappa shape index (κ1) is 12.6. The first-order valence-electron chi connectivity index (χ1n) is 5.46. The summed E-state index contributed by atoms with van der Waals surface area (Å²) in [5, 5.41) is 13.6. The van der Waals surface area contributed by atoms with Crippen LogP contribution in [-0.4, -0.2) is 26.9 Å². The maximum Gasteiger partial charge on any atom is 0.252 e. The zero-order chi connectivity index (χ0) is 14.0. The van der Waals surface area contributed by atoms with Crippen LogP contribution in [0.3, 0.4) is 0 Å². The normalized spacial score (nSPS) is 11.0. The van der Waals surface area contributed by atoms with Gasteiger partial charge in [0.2, 0.25) is 5.95 Å². The molecule has 0 radical (unpaired) electrons. The maximum atomic E-state index is 11.1. The number of amides is 1. The van der Waals surface area contributed by atoms with Gasteiger partial charge in [0.25, 0.3) is 5.91 Å². The molecule has 0 bridgehead atoms. The van der Waals surface area contributed by atoms with Crippen molar-refractivity contribution in [1.82, 2.24) is 9.66 Å². The lowest BCUT2D eigenvalue weighted by Crippen LogP contribution is -2.11. The van der Waals surface area contributed by atoms with Crippen LogP contribution in [0.2, 0.25) is 0 Å². The number of anilines is 1. The van der Waals surface area contributed by atoms with E-state index in [-0.39, 0.29) is 17.3 Å². The number of aromatic hydroxyl groups is 1. The molecule has 1 amide bonds. The van der Waals surface area contributed by atoms with E-state index in [1.807, 2.05) is 0 Å². The van der Waals surface area contributed by atoms with Crippen LogP contribution in [0, 0.1) is 6.92 Å². The van der Waals surface area contributed by atoms with E-state index in [0.29, 0.717) is 5.56 Å². The van der Waals surface area contributed by atoms with Crippen LogP contribution in [0.25, 0.3) is 0 Å². The van der Waals surface area contributed by atoms with E-state index in [4.69, 9.17) is 11.5 Å². The van der Waals surface area contributed by atoms with Crippen LogP contribution in [0.4, 0.5) is 5.95 Å². The molecule has 1 aromatic carbocycles. The number of aryl methyl sites for hydroxylation is 1. The van der Waals surface area contributed by atoms with Gasteiger partial charge in [0, 0.05) is 0 Å². The zero-order valence-electron chi connectivity index (χ0n) is 10.2. The third kappa shape index (κ3) is 2.71. The molecule has 98 valence electrons. The van der Waals surface area contributed by atoms with Crippen molar-refractivity contribution in [1.29, 1.82) is 0 Å². The molecule has 0 aliphatic rings. The molecule has 0 spiro atoms. The van der Waals surface area contributed by atoms with E-state index >= 15 is 0 Å². The van der Waals surface area contributed by atoms with Gasteiger partial charge in [-0.3, -0.25) is 4.79 Å². The maximum absolute atomic E-state index is 11.1. The Morgan fingerprint density at radius 2 is 2.26 bits per heavy atom. The Hall–Kier alpha value is -2.83. The highest BCUT2D eigenvalue weighted by molar-refractivity contribution is 5.97. The van der Waals surface area contributed by atoms with Crippen molar-refractivity contribution in [2.45, 2.75) is 6.92 Å². The summed E-state index contributed by atoms with van der Waals surface area (Å²) in [5.41, 5.74) is 12.2. The van der Waals surface area contributed by atoms with Gasteiger partial charge in [0.05, 0.1) is 23.7 Å². The number of nitrogen functional groups attached to an aromatic ring is 1. The van der Waals surface area contributed by atoms with Gasteiger partial charge in [-0.15, -0.1) is 0 Å². The van der Waals surface area contributed by atoms with E-state index in [2.05, 4.69) is 10.1 Å². The number of hydrogen-bond acceptors (Lipinski definition) is 5. The summed E-state index contributed by atoms with van der Waals surface area (Å²) in [6.07, 6.45) is 3.16. The van der Waals surface area contributed by atoms with Crippen LogP contribution in [-0.2, 0) is 0 Å². The van der Waals surface area contributed by atoms with Crippen molar-refractivity contribution >= 4 is 18.1 Å². The second-order valence-electron chi connectivity index (χ2n) is 3.97. The summed E-state index contributed by atoms with van der Waals surface area (Å²) in [6, 6.07) is 4.43. The summed E-state index contributed by atoms with van der Waals surface area (Å²) in [5.74, 6) is -0.601. The van der Waals surface area contributed by atoms with Crippen molar-refractivity contribution in [3.8, 4) is 5.75 Å². The molecule has 5 N–H and O–H groups in total. The molecule has 1 heterocycles. The molecule has 0 saturated heterocycles. The Labute approximate surface area is 109 Å². The minimum absolute atomic E-state index is 0.0405. The molecule has 2 aromatic rings. The Kier molecular flexibility index (Phi) is 3.19. The van der Waals surface area contributed by atoms with Gasteiger partial charge < -0.3 is 16.6 Å². The number of nitrogens with zero attached hydrogens (tertiary/aromatic N) is 3. The van der Waals surface area contributed by atoms with E-state index < -0.39 is 5.91 Å². The number of carbonyl (C=O) groups excluding carboxylic acids is 1. The quantitative estimate of drug-likeness (QED) is 0.693. The van der Waals surface area contributed by atoms with Crippen LogP contribution < -0.4 is 11.5 Å². The molecule has 0 fully saturated rings. The Morgan fingerprint density at radius 3 is 2.84 bits per heavy atom. The first-order chi connectivity index (χ1) is 8.97. The predicted octanol–water partition coefficient (Wildman–Crippen LogP) is 0.460. The third-order valence-corrected chi connectivity index (χ3v) is 2.45. The molecule has 0 atom stereocenters. The highest BCUT2D eigenvalue weighted by Gasteiger charge is 2.07. The smallest absolute Gasteiger partial charge is 0.252 e. The summed E-state index contributed by atoms with van der Waals surface area (Å²) in [4.78, 5) is 15.1. The number of nitrogens with two attached hydrogens (primary N) is 2. The molecule has 7 nitrogen and oxygen atoms in total. The van der Waals surface area contributed by atoms with Crippen LogP contribution in [0.5, 0.6) is 5.75 Å². The van der Waals surface area contributed by atoms with Gasteiger partial charge in [-0.25, -0.2) is 9.66 Å². The van der Waals surface area contributed by atoms with E-state index in [0.717, 1.165) is 5.69 Å². The summed E-state index contributed by atoms with van der Waals surface area (Å²) in [6.45, 7) is 1.80. The monoisotopic (exact) mass is 259 g/mol. The molecular weight excluding hydrogens is 246 g/mol. The molecule has 7 heteroatoms. The lowest BCUT2D eigenvalue weighted by Gasteiger charge is -2.01. The van der Waals surface area contributed by atoms with Gasteiger partial charge in [-0.1, -0.05) is 0 Å². The van der Waals surface area contributed by atoms with Crippen molar-refractivity contribution in [3.63, 3.8) is 0 Å². The van der Waals surface area contributed by atoms with Gasteiger partial charge in [0.15, 0.2) is 0 Å². The van der Waals surface area contributed by atoms with Gasteiger partial charge in [-0.05, 0) is 30.7 Å². The van der Waals surface area contributed by atoms with Crippen molar-refractivity contribution in [2.24, 2.45) is 10.8 Å². The first-order valence-corrected chi connectivity index (χ1v) is 5.46. The fourth-order valence-corrected chi connectivity index (χ4v) is 1.56. The highest BCUT2D eigenvalue weighted by atomic mass is 16.3. The minimum Gasteiger partial charge on any atom is -0.507 e. The molecule has 19 heavy (non-hydrogen) atoms. The molecule has 0 aliphatic carbocycles. The van der Waals surface area contributed by atoms with Crippen molar-refractivity contribution < 1.29 is 9.90 Å². The molecule has 0 saturated carbocycles. The summed E-state index contributed by atoms with van der Waals surface area (Å²) >= 11 is 0. The number of hydrogen-bond donors (Lipinski definition) is 3. The van der Waals surface area contributed by atoms with Crippen LogP contribution in [0.1, 0.15) is 21.6 Å². The van der Waals surface area contributed by atoms with Crippen LogP contribution in [0.15, 0.2) is 29.5 Å². The number of imidazole rings is 1.